The van der Waals surface area contributed by atoms with E-state index in [9.17, 15) is 0 Å². The molecule has 4 heteroatoms. The standard InChI is InChI=1S/C15H21N3O/c1-5-10-19-14-8-6-13(7-9-14)15-16-12(4)17-18(15)11(2)3/h6-9,11H,5,10H2,1-4H3. The summed E-state index contributed by atoms with van der Waals surface area (Å²) in [6.07, 6.45) is 1.02. The van der Waals surface area contributed by atoms with Crippen molar-refractivity contribution in [2.24, 2.45) is 0 Å². The van der Waals surface area contributed by atoms with Gasteiger partial charge < -0.3 is 4.74 Å². The molecular weight excluding hydrogens is 238 g/mol. The van der Waals surface area contributed by atoms with Gasteiger partial charge in [0.25, 0.3) is 0 Å². The predicted octanol–water partition coefficient (Wildman–Crippen LogP) is 3.62. The highest BCUT2D eigenvalue weighted by Crippen LogP contribution is 2.23. The van der Waals surface area contributed by atoms with Gasteiger partial charge in [-0.05, 0) is 51.5 Å². The summed E-state index contributed by atoms with van der Waals surface area (Å²) >= 11 is 0. The van der Waals surface area contributed by atoms with Crippen LogP contribution in [-0.2, 0) is 0 Å². The number of benzene rings is 1. The minimum atomic E-state index is 0.298. The van der Waals surface area contributed by atoms with Crippen molar-refractivity contribution in [1.82, 2.24) is 14.8 Å². The Bertz CT molecular complexity index is 529. The second-order valence-electron chi connectivity index (χ2n) is 4.89. The van der Waals surface area contributed by atoms with Crippen molar-refractivity contribution >= 4 is 0 Å². The third-order valence-corrected chi connectivity index (χ3v) is 2.81. The van der Waals surface area contributed by atoms with Crippen LogP contribution in [0.4, 0.5) is 0 Å². The van der Waals surface area contributed by atoms with E-state index in [1.54, 1.807) is 0 Å². The van der Waals surface area contributed by atoms with E-state index in [4.69, 9.17) is 4.74 Å². The van der Waals surface area contributed by atoms with Gasteiger partial charge in [-0.25, -0.2) is 9.67 Å². The van der Waals surface area contributed by atoms with Gasteiger partial charge in [0.05, 0.1) is 6.61 Å². The number of nitrogens with zero attached hydrogens (tertiary/aromatic N) is 3. The molecule has 0 saturated carbocycles. The number of aromatic nitrogens is 3. The second kappa shape index (κ2) is 5.87. The molecule has 4 nitrogen and oxygen atoms in total. The second-order valence-corrected chi connectivity index (χ2v) is 4.89. The zero-order chi connectivity index (χ0) is 13.8. The highest BCUT2D eigenvalue weighted by molar-refractivity contribution is 5.56. The van der Waals surface area contributed by atoms with Crippen molar-refractivity contribution < 1.29 is 4.74 Å². The molecule has 0 aliphatic rings. The Hall–Kier alpha value is -1.84. The summed E-state index contributed by atoms with van der Waals surface area (Å²) in [6, 6.07) is 8.34. The van der Waals surface area contributed by atoms with E-state index in [2.05, 4.69) is 30.9 Å². The lowest BCUT2D eigenvalue weighted by molar-refractivity contribution is 0.317. The number of hydrogen-bond donors (Lipinski definition) is 0. The monoisotopic (exact) mass is 259 g/mol. The molecular formula is C15H21N3O. The Kier molecular flexibility index (Phi) is 4.20. The topological polar surface area (TPSA) is 39.9 Å². The molecule has 0 aliphatic carbocycles. The Labute approximate surface area is 114 Å². The van der Waals surface area contributed by atoms with E-state index in [1.165, 1.54) is 0 Å². The third kappa shape index (κ3) is 3.13. The Morgan fingerprint density at radius 3 is 2.47 bits per heavy atom. The Morgan fingerprint density at radius 2 is 1.89 bits per heavy atom. The van der Waals surface area contributed by atoms with Crippen LogP contribution in [0.25, 0.3) is 11.4 Å². The number of aryl methyl sites for hydroxylation is 1. The van der Waals surface area contributed by atoms with Crippen LogP contribution in [0.5, 0.6) is 5.75 Å². The minimum Gasteiger partial charge on any atom is -0.494 e. The SMILES string of the molecule is CCCOc1ccc(-c2nc(C)nn2C(C)C)cc1. The van der Waals surface area contributed by atoms with Gasteiger partial charge in [-0.2, -0.15) is 5.10 Å². The van der Waals surface area contributed by atoms with Gasteiger partial charge in [-0.15, -0.1) is 0 Å². The third-order valence-electron chi connectivity index (χ3n) is 2.81. The molecule has 19 heavy (non-hydrogen) atoms. The lowest BCUT2D eigenvalue weighted by Crippen LogP contribution is -2.05. The van der Waals surface area contributed by atoms with Crippen molar-refractivity contribution in [3.05, 3.63) is 30.1 Å². The summed E-state index contributed by atoms with van der Waals surface area (Å²) in [4.78, 5) is 4.50. The van der Waals surface area contributed by atoms with E-state index >= 15 is 0 Å². The van der Waals surface area contributed by atoms with E-state index in [0.717, 1.165) is 36.0 Å². The van der Waals surface area contributed by atoms with Gasteiger partial charge in [0, 0.05) is 11.6 Å². The molecule has 102 valence electrons. The molecule has 0 amide bonds. The maximum atomic E-state index is 5.59. The van der Waals surface area contributed by atoms with Crippen LogP contribution in [0.2, 0.25) is 0 Å². The first-order valence-electron chi connectivity index (χ1n) is 6.78. The normalized spacial score (nSPS) is 11.0. The van der Waals surface area contributed by atoms with Crippen LogP contribution in [0.15, 0.2) is 24.3 Å². The molecule has 0 aliphatic heterocycles. The van der Waals surface area contributed by atoms with E-state index in [-0.39, 0.29) is 0 Å². The van der Waals surface area contributed by atoms with Crippen molar-refractivity contribution in [2.75, 3.05) is 6.61 Å². The molecule has 0 N–H and O–H groups in total. The van der Waals surface area contributed by atoms with Crippen LogP contribution in [0.1, 0.15) is 39.1 Å². The average Bonchev–Trinajstić information content (AvgIpc) is 2.79. The van der Waals surface area contributed by atoms with Gasteiger partial charge in [0.1, 0.15) is 11.6 Å². The lowest BCUT2D eigenvalue weighted by atomic mass is 10.2. The quantitative estimate of drug-likeness (QED) is 0.823. The fourth-order valence-electron chi connectivity index (χ4n) is 1.91. The van der Waals surface area contributed by atoms with Crippen LogP contribution in [-0.4, -0.2) is 21.4 Å². The molecule has 1 heterocycles. The van der Waals surface area contributed by atoms with Crippen LogP contribution >= 0.6 is 0 Å². The molecule has 0 radical (unpaired) electrons. The van der Waals surface area contributed by atoms with Crippen molar-refractivity contribution in [1.29, 1.82) is 0 Å². The number of ether oxygens (including phenoxy) is 1. The summed E-state index contributed by atoms with van der Waals surface area (Å²) in [5.41, 5.74) is 1.07. The first-order valence-corrected chi connectivity index (χ1v) is 6.78. The highest BCUT2D eigenvalue weighted by Gasteiger charge is 2.12. The fourth-order valence-corrected chi connectivity index (χ4v) is 1.91. The zero-order valence-corrected chi connectivity index (χ0v) is 12.1. The molecule has 0 fully saturated rings. The summed E-state index contributed by atoms with van der Waals surface area (Å²) in [5.74, 6) is 2.61. The molecule has 0 spiro atoms. The fraction of sp³-hybridized carbons (Fsp3) is 0.467. The molecule has 0 saturated heterocycles. The van der Waals surface area contributed by atoms with E-state index < -0.39 is 0 Å². The van der Waals surface area contributed by atoms with Crippen molar-refractivity contribution in [2.45, 2.75) is 40.2 Å². The summed E-state index contributed by atoms with van der Waals surface area (Å²) in [6.45, 7) is 8.98. The smallest absolute Gasteiger partial charge is 0.158 e. The molecule has 2 rings (SSSR count). The molecule has 0 bridgehead atoms. The molecule has 0 unspecified atom stereocenters. The largest absolute Gasteiger partial charge is 0.494 e. The Balaban J connectivity index is 2.27. The van der Waals surface area contributed by atoms with Gasteiger partial charge in [0.15, 0.2) is 5.82 Å². The predicted molar refractivity (Wildman–Crippen MR) is 76.4 cm³/mol. The highest BCUT2D eigenvalue weighted by atomic mass is 16.5. The Morgan fingerprint density at radius 1 is 1.21 bits per heavy atom. The molecule has 1 aromatic heterocycles. The summed E-state index contributed by atoms with van der Waals surface area (Å²) < 4.78 is 7.54. The van der Waals surface area contributed by atoms with Crippen LogP contribution < -0.4 is 4.74 Å². The maximum Gasteiger partial charge on any atom is 0.158 e. The molecule has 2 aromatic rings. The minimum absolute atomic E-state index is 0.298. The van der Waals surface area contributed by atoms with Gasteiger partial charge in [0.2, 0.25) is 0 Å². The number of hydrogen-bond acceptors (Lipinski definition) is 3. The summed E-state index contributed by atoms with van der Waals surface area (Å²) in [5, 5.41) is 4.43. The first-order chi connectivity index (χ1) is 9.11. The van der Waals surface area contributed by atoms with Gasteiger partial charge in [-0.1, -0.05) is 6.92 Å². The number of rotatable bonds is 5. The van der Waals surface area contributed by atoms with E-state index in [1.807, 2.05) is 35.9 Å². The van der Waals surface area contributed by atoms with Gasteiger partial charge >= 0.3 is 0 Å². The molecule has 0 atom stereocenters. The molecule has 1 aromatic carbocycles. The summed E-state index contributed by atoms with van der Waals surface area (Å²) in [7, 11) is 0. The van der Waals surface area contributed by atoms with Crippen molar-refractivity contribution in [3.8, 4) is 17.1 Å². The first kappa shape index (κ1) is 13.6. The van der Waals surface area contributed by atoms with Gasteiger partial charge in [-0.3, -0.25) is 0 Å². The average molecular weight is 259 g/mol. The lowest BCUT2D eigenvalue weighted by Gasteiger charge is -2.10. The van der Waals surface area contributed by atoms with E-state index in [0.29, 0.717) is 6.04 Å². The van der Waals surface area contributed by atoms with Crippen molar-refractivity contribution in [3.63, 3.8) is 0 Å². The maximum absolute atomic E-state index is 5.59. The zero-order valence-electron chi connectivity index (χ0n) is 12.1. The van der Waals surface area contributed by atoms with Crippen LogP contribution in [0.3, 0.4) is 0 Å². The van der Waals surface area contributed by atoms with Crippen LogP contribution in [0, 0.1) is 6.92 Å².